The quantitative estimate of drug-likeness (QED) is 0.464. The molecular formula is C4H5F2O5S-. The second-order valence-corrected chi connectivity index (χ2v) is 3.11. The standard InChI is InChI=1S/C4H6F2O5S/c1-2-11-3(7)4(5,6)12(8,9)10/h2H2,1H3,(H,8,9,10)/p-1. The number of halogens is 2. The Labute approximate surface area is 67.1 Å². The van der Waals surface area contributed by atoms with Crippen LogP contribution < -0.4 is 0 Å². The van der Waals surface area contributed by atoms with Crippen molar-refractivity contribution in [2.24, 2.45) is 0 Å². The first kappa shape index (κ1) is 11.2. The Balaban J connectivity index is 4.75. The smallest absolute Gasteiger partial charge is 0.428 e. The van der Waals surface area contributed by atoms with Gasteiger partial charge in [-0.2, -0.15) is 8.78 Å². The van der Waals surface area contributed by atoms with Crippen LogP contribution in [-0.4, -0.2) is 30.8 Å². The van der Waals surface area contributed by atoms with Gasteiger partial charge in [0.25, 0.3) is 0 Å². The average Bonchev–Trinajstić information content (AvgIpc) is 1.85. The Bertz CT molecular complexity index is 269. The lowest BCUT2D eigenvalue weighted by Crippen LogP contribution is -2.39. The van der Waals surface area contributed by atoms with Crippen molar-refractivity contribution in [3.05, 3.63) is 0 Å². The van der Waals surface area contributed by atoms with Crippen LogP contribution in [0.2, 0.25) is 0 Å². The fraction of sp³-hybridized carbons (Fsp3) is 0.750. The summed E-state index contributed by atoms with van der Waals surface area (Å²) >= 11 is 0. The normalized spacial score (nSPS) is 12.7. The number of esters is 1. The lowest BCUT2D eigenvalue weighted by molar-refractivity contribution is -0.160. The molecule has 0 saturated carbocycles. The predicted molar refractivity (Wildman–Crippen MR) is 31.3 cm³/mol. The molecule has 8 heteroatoms. The molecule has 0 radical (unpaired) electrons. The van der Waals surface area contributed by atoms with Crippen molar-refractivity contribution in [3.8, 4) is 0 Å². The third-order valence-corrected chi connectivity index (χ3v) is 1.62. The highest BCUT2D eigenvalue weighted by molar-refractivity contribution is 7.87. The van der Waals surface area contributed by atoms with Gasteiger partial charge in [0.2, 0.25) is 0 Å². The molecule has 0 aliphatic rings. The highest BCUT2D eigenvalue weighted by Crippen LogP contribution is 2.21. The van der Waals surface area contributed by atoms with Gasteiger partial charge in [0.05, 0.1) is 6.61 Å². The van der Waals surface area contributed by atoms with Crippen LogP contribution in [0.5, 0.6) is 0 Å². The third kappa shape index (κ3) is 2.11. The van der Waals surface area contributed by atoms with Crippen LogP contribution in [0.4, 0.5) is 8.78 Å². The number of ether oxygens (including phenoxy) is 1. The summed E-state index contributed by atoms with van der Waals surface area (Å²) in [5.74, 6) is -2.35. The summed E-state index contributed by atoms with van der Waals surface area (Å²) in [6.45, 7) is 0.773. The monoisotopic (exact) mass is 203 g/mol. The number of carbonyl (C=O) groups excluding carboxylic acids is 1. The second kappa shape index (κ2) is 3.31. The molecule has 0 fully saturated rings. The molecule has 12 heavy (non-hydrogen) atoms. The molecule has 5 nitrogen and oxygen atoms in total. The van der Waals surface area contributed by atoms with Crippen molar-refractivity contribution >= 4 is 16.1 Å². The zero-order chi connectivity index (χ0) is 9.99. The number of carbonyl (C=O) groups is 1. The molecule has 0 rings (SSSR count). The lowest BCUT2D eigenvalue weighted by atomic mass is 10.7. The SMILES string of the molecule is CCOC(=O)C(F)(F)S(=O)(=O)[O-]. The van der Waals surface area contributed by atoms with Gasteiger partial charge in [-0.15, -0.1) is 0 Å². The molecule has 0 saturated heterocycles. The minimum Gasteiger partial charge on any atom is -0.743 e. The average molecular weight is 203 g/mol. The molecule has 0 aromatic rings. The maximum atomic E-state index is 12.1. The molecule has 0 bridgehead atoms. The molecule has 0 aromatic carbocycles. The summed E-state index contributed by atoms with van der Waals surface area (Å²) in [5, 5.41) is -5.00. The van der Waals surface area contributed by atoms with Gasteiger partial charge in [0, 0.05) is 0 Å². The van der Waals surface area contributed by atoms with Crippen molar-refractivity contribution < 1.29 is 31.3 Å². The van der Waals surface area contributed by atoms with Crippen LogP contribution in [0.15, 0.2) is 0 Å². The van der Waals surface area contributed by atoms with E-state index in [2.05, 4.69) is 4.74 Å². The van der Waals surface area contributed by atoms with Crippen LogP contribution in [0.25, 0.3) is 0 Å². The van der Waals surface area contributed by atoms with Gasteiger partial charge in [-0.05, 0) is 6.92 Å². The molecule has 72 valence electrons. The van der Waals surface area contributed by atoms with Gasteiger partial charge in [0.15, 0.2) is 10.1 Å². The van der Waals surface area contributed by atoms with Gasteiger partial charge < -0.3 is 9.29 Å². The van der Waals surface area contributed by atoms with E-state index in [4.69, 9.17) is 0 Å². The van der Waals surface area contributed by atoms with Crippen molar-refractivity contribution in [1.82, 2.24) is 0 Å². The Morgan fingerprint density at radius 2 is 2.00 bits per heavy atom. The van der Waals surface area contributed by atoms with Crippen LogP contribution >= 0.6 is 0 Å². The molecule has 0 atom stereocenters. The molecule has 0 aliphatic carbocycles. The van der Waals surface area contributed by atoms with Crippen molar-refractivity contribution in [3.63, 3.8) is 0 Å². The van der Waals surface area contributed by atoms with Crippen molar-refractivity contribution in [2.75, 3.05) is 6.61 Å². The fourth-order valence-corrected chi connectivity index (χ4v) is 0.580. The lowest BCUT2D eigenvalue weighted by Gasteiger charge is -2.17. The van der Waals surface area contributed by atoms with Crippen LogP contribution in [0.1, 0.15) is 6.92 Å². The minimum atomic E-state index is -5.98. The van der Waals surface area contributed by atoms with E-state index in [1.165, 1.54) is 6.92 Å². The summed E-state index contributed by atoms with van der Waals surface area (Å²) in [6, 6.07) is 0. The minimum absolute atomic E-state index is 0.427. The third-order valence-electron chi connectivity index (χ3n) is 0.827. The van der Waals surface area contributed by atoms with E-state index in [1.54, 1.807) is 0 Å². The summed E-state index contributed by atoms with van der Waals surface area (Å²) in [7, 11) is -5.98. The molecule has 0 aliphatic heterocycles. The maximum absolute atomic E-state index is 12.1. The second-order valence-electron chi connectivity index (χ2n) is 1.69. The van der Waals surface area contributed by atoms with Crippen LogP contribution in [0.3, 0.4) is 0 Å². The van der Waals surface area contributed by atoms with Crippen molar-refractivity contribution in [2.45, 2.75) is 12.2 Å². The van der Waals surface area contributed by atoms with Crippen LogP contribution in [0, 0.1) is 0 Å². The number of hydrogen-bond acceptors (Lipinski definition) is 5. The molecular weight excluding hydrogens is 198 g/mol. The number of alkyl halides is 2. The zero-order valence-electron chi connectivity index (χ0n) is 5.91. The predicted octanol–water partition coefficient (Wildman–Crippen LogP) is -0.312. The van der Waals surface area contributed by atoms with Gasteiger partial charge in [-0.1, -0.05) is 0 Å². The summed E-state index contributed by atoms with van der Waals surface area (Å²) in [4.78, 5) is 10.2. The summed E-state index contributed by atoms with van der Waals surface area (Å²) in [5.41, 5.74) is 0. The molecule has 0 spiro atoms. The van der Waals surface area contributed by atoms with Gasteiger partial charge >= 0.3 is 11.2 Å². The fourth-order valence-electron chi connectivity index (χ4n) is 0.317. The Morgan fingerprint density at radius 3 is 2.25 bits per heavy atom. The Hall–Kier alpha value is -0.760. The van der Waals surface area contributed by atoms with Gasteiger partial charge in [0.1, 0.15) is 0 Å². The first-order valence-electron chi connectivity index (χ1n) is 2.74. The van der Waals surface area contributed by atoms with Crippen molar-refractivity contribution in [1.29, 1.82) is 0 Å². The van der Waals surface area contributed by atoms with Gasteiger partial charge in [-0.25, -0.2) is 13.2 Å². The molecule has 0 N–H and O–H groups in total. The Kier molecular flexibility index (Phi) is 3.10. The molecule has 0 amide bonds. The molecule has 0 unspecified atom stereocenters. The topological polar surface area (TPSA) is 83.5 Å². The largest absolute Gasteiger partial charge is 0.743 e. The van der Waals surface area contributed by atoms with E-state index in [1.807, 2.05) is 0 Å². The Morgan fingerprint density at radius 1 is 1.58 bits per heavy atom. The van der Waals surface area contributed by atoms with E-state index >= 15 is 0 Å². The number of rotatable bonds is 3. The summed E-state index contributed by atoms with van der Waals surface area (Å²) < 4.78 is 57.2. The maximum Gasteiger partial charge on any atom is 0.428 e. The molecule has 0 heterocycles. The first-order valence-corrected chi connectivity index (χ1v) is 4.14. The number of hydrogen-bond donors (Lipinski definition) is 0. The highest BCUT2D eigenvalue weighted by Gasteiger charge is 2.48. The van der Waals surface area contributed by atoms with E-state index in [0.717, 1.165) is 0 Å². The van der Waals surface area contributed by atoms with Crippen LogP contribution in [-0.2, 0) is 19.6 Å². The zero-order valence-corrected chi connectivity index (χ0v) is 6.73. The molecule has 0 aromatic heterocycles. The van der Waals surface area contributed by atoms with E-state index in [0.29, 0.717) is 0 Å². The van der Waals surface area contributed by atoms with E-state index in [9.17, 15) is 26.5 Å². The van der Waals surface area contributed by atoms with E-state index in [-0.39, 0.29) is 0 Å². The first-order chi connectivity index (χ1) is 5.23. The highest BCUT2D eigenvalue weighted by atomic mass is 32.2. The van der Waals surface area contributed by atoms with Gasteiger partial charge in [-0.3, -0.25) is 0 Å². The summed E-state index contributed by atoms with van der Waals surface area (Å²) in [6.07, 6.45) is 0. The van der Waals surface area contributed by atoms with E-state index < -0.39 is 27.9 Å².